The molecule has 2 aromatic heterocycles. The maximum Gasteiger partial charge on any atom is 0.259 e. The maximum absolute atomic E-state index is 5.03. The van der Waals surface area contributed by atoms with E-state index in [2.05, 4.69) is 15.1 Å². The Morgan fingerprint density at radius 3 is 2.77 bits per heavy atom. The number of aryl methyl sites for hydroxylation is 2. The third kappa shape index (κ3) is 1.42. The molecule has 2 rings (SSSR count). The zero-order chi connectivity index (χ0) is 9.26. The fraction of sp³-hybridized carbons (Fsp3) is 0.222. The van der Waals surface area contributed by atoms with Crippen LogP contribution >= 0.6 is 0 Å². The summed E-state index contributed by atoms with van der Waals surface area (Å²) in [5, 5.41) is 3.72. The largest absolute Gasteiger partial charge is 0.334 e. The van der Waals surface area contributed by atoms with Crippen molar-refractivity contribution in [3.8, 4) is 11.5 Å². The molecule has 0 aromatic carbocycles. The van der Waals surface area contributed by atoms with Gasteiger partial charge >= 0.3 is 0 Å². The lowest BCUT2D eigenvalue weighted by Gasteiger charge is -1.96. The predicted octanol–water partition coefficient (Wildman–Crippen LogP) is 1.75. The van der Waals surface area contributed by atoms with Crippen LogP contribution in [0.2, 0.25) is 0 Å². The Morgan fingerprint density at radius 1 is 1.31 bits per heavy atom. The fourth-order valence-electron chi connectivity index (χ4n) is 1.09. The Balaban J connectivity index is 2.52. The van der Waals surface area contributed by atoms with Gasteiger partial charge in [0.2, 0.25) is 0 Å². The van der Waals surface area contributed by atoms with Crippen LogP contribution in [0.1, 0.15) is 11.4 Å². The summed E-state index contributed by atoms with van der Waals surface area (Å²) in [7, 11) is 0. The molecule has 0 unspecified atom stereocenters. The second-order valence-corrected chi connectivity index (χ2v) is 2.84. The van der Waals surface area contributed by atoms with E-state index in [-0.39, 0.29) is 0 Å². The number of pyridine rings is 1. The third-order valence-electron chi connectivity index (χ3n) is 1.80. The van der Waals surface area contributed by atoms with Crippen LogP contribution in [0.15, 0.2) is 23.0 Å². The first kappa shape index (κ1) is 7.91. The van der Waals surface area contributed by atoms with Crippen LogP contribution in [-0.4, -0.2) is 15.1 Å². The molecule has 2 aromatic rings. The molecule has 0 aliphatic carbocycles. The zero-order valence-electron chi connectivity index (χ0n) is 7.48. The molecule has 0 bridgehead atoms. The first-order valence-electron chi connectivity index (χ1n) is 3.98. The topological polar surface area (TPSA) is 51.8 Å². The molecule has 0 saturated carbocycles. The van der Waals surface area contributed by atoms with Crippen LogP contribution < -0.4 is 0 Å². The lowest BCUT2D eigenvalue weighted by molar-refractivity contribution is 0.425. The molecule has 0 atom stereocenters. The van der Waals surface area contributed by atoms with Crippen molar-refractivity contribution in [1.82, 2.24) is 15.1 Å². The standard InChI is InChI=1S/C9H9N3O/c1-6-3-4-10-5-8(6)9-11-7(2)12-13-9/h3-5H,1-2H3. The van der Waals surface area contributed by atoms with Gasteiger partial charge in [-0.05, 0) is 25.5 Å². The van der Waals surface area contributed by atoms with E-state index in [4.69, 9.17) is 4.52 Å². The summed E-state index contributed by atoms with van der Waals surface area (Å²) in [6, 6.07) is 1.91. The smallest absolute Gasteiger partial charge is 0.259 e. The van der Waals surface area contributed by atoms with Crippen molar-refractivity contribution in [2.45, 2.75) is 13.8 Å². The van der Waals surface area contributed by atoms with Gasteiger partial charge in [-0.15, -0.1) is 0 Å². The summed E-state index contributed by atoms with van der Waals surface area (Å²) in [6.07, 6.45) is 3.46. The van der Waals surface area contributed by atoms with E-state index in [0.29, 0.717) is 11.7 Å². The molecular weight excluding hydrogens is 166 g/mol. The van der Waals surface area contributed by atoms with Crippen LogP contribution in [0.4, 0.5) is 0 Å². The Labute approximate surface area is 75.6 Å². The van der Waals surface area contributed by atoms with Crippen molar-refractivity contribution in [2.75, 3.05) is 0 Å². The van der Waals surface area contributed by atoms with Crippen LogP contribution in [0.5, 0.6) is 0 Å². The first-order chi connectivity index (χ1) is 6.27. The Bertz CT molecular complexity index is 422. The molecule has 0 saturated heterocycles. The molecule has 0 radical (unpaired) electrons. The molecule has 66 valence electrons. The van der Waals surface area contributed by atoms with E-state index < -0.39 is 0 Å². The Kier molecular flexibility index (Phi) is 1.81. The second-order valence-electron chi connectivity index (χ2n) is 2.84. The van der Waals surface area contributed by atoms with E-state index in [0.717, 1.165) is 11.1 Å². The van der Waals surface area contributed by atoms with Crippen LogP contribution in [0.3, 0.4) is 0 Å². The van der Waals surface area contributed by atoms with Crippen molar-refractivity contribution < 1.29 is 4.52 Å². The molecular formula is C9H9N3O. The van der Waals surface area contributed by atoms with Crippen molar-refractivity contribution in [3.63, 3.8) is 0 Å². The summed E-state index contributed by atoms with van der Waals surface area (Å²) in [6.45, 7) is 3.77. The minimum atomic E-state index is 0.531. The lowest BCUT2D eigenvalue weighted by Crippen LogP contribution is -1.84. The maximum atomic E-state index is 5.03. The van der Waals surface area contributed by atoms with E-state index >= 15 is 0 Å². The molecule has 4 heteroatoms. The van der Waals surface area contributed by atoms with E-state index in [9.17, 15) is 0 Å². The zero-order valence-corrected chi connectivity index (χ0v) is 7.48. The van der Waals surface area contributed by atoms with Crippen LogP contribution in [-0.2, 0) is 0 Å². The van der Waals surface area contributed by atoms with Gasteiger partial charge in [-0.1, -0.05) is 5.16 Å². The molecule has 0 amide bonds. The summed E-state index contributed by atoms with van der Waals surface area (Å²) >= 11 is 0. The van der Waals surface area contributed by atoms with Gasteiger partial charge in [-0.25, -0.2) is 0 Å². The Morgan fingerprint density at radius 2 is 2.15 bits per heavy atom. The highest BCUT2D eigenvalue weighted by atomic mass is 16.5. The average molecular weight is 175 g/mol. The van der Waals surface area contributed by atoms with Crippen LogP contribution in [0.25, 0.3) is 11.5 Å². The quantitative estimate of drug-likeness (QED) is 0.662. The van der Waals surface area contributed by atoms with Gasteiger partial charge in [0.25, 0.3) is 5.89 Å². The molecule has 13 heavy (non-hydrogen) atoms. The summed E-state index contributed by atoms with van der Waals surface area (Å²) in [5.74, 6) is 1.17. The van der Waals surface area contributed by atoms with Gasteiger partial charge < -0.3 is 4.52 Å². The third-order valence-corrected chi connectivity index (χ3v) is 1.80. The number of aromatic nitrogens is 3. The van der Waals surface area contributed by atoms with Gasteiger partial charge in [-0.3, -0.25) is 4.98 Å². The van der Waals surface area contributed by atoms with E-state index in [1.807, 2.05) is 13.0 Å². The second kappa shape index (κ2) is 2.97. The molecule has 0 fully saturated rings. The normalized spacial score (nSPS) is 10.3. The monoisotopic (exact) mass is 175 g/mol. The van der Waals surface area contributed by atoms with Crippen LogP contribution in [0, 0.1) is 13.8 Å². The number of hydrogen-bond donors (Lipinski definition) is 0. The number of hydrogen-bond acceptors (Lipinski definition) is 4. The van der Waals surface area contributed by atoms with Crippen molar-refractivity contribution in [1.29, 1.82) is 0 Å². The molecule has 0 aliphatic rings. The molecule has 0 N–H and O–H groups in total. The first-order valence-corrected chi connectivity index (χ1v) is 3.98. The van der Waals surface area contributed by atoms with Gasteiger partial charge in [0.05, 0.1) is 5.56 Å². The van der Waals surface area contributed by atoms with Gasteiger partial charge in [0.1, 0.15) is 0 Å². The predicted molar refractivity (Wildman–Crippen MR) is 47.0 cm³/mol. The highest BCUT2D eigenvalue weighted by Gasteiger charge is 2.08. The molecule has 0 aliphatic heterocycles. The minimum Gasteiger partial charge on any atom is -0.334 e. The summed E-state index contributed by atoms with van der Waals surface area (Å²) < 4.78 is 5.03. The minimum absolute atomic E-state index is 0.531. The van der Waals surface area contributed by atoms with Crippen molar-refractivity contribution in [3.05, 3.63) is 29.8 Å². The molecule has 0 spiro atoms. The molecule has 2 heterocycles. The highest BCUT2D eigenvalue weighted by molar-refractivity contribution is 5.55. The van der Waals surface area contributed by atoms with Gasteiger partial charge in [0, 0.05) is 12.4 Å². The average Bonchev–Trinajstić information content (AvgIpc) is 2.53. The lowest BCUT2D eigenvalue weighted by atomic mass is 10.2. The highest BCUT2D eigenvalue weighted by Crippen LogP contribution is 2.19. The number of rotatable bonds is 1. The van der Waals surface area contributed by atoms with Gasteiger partial charge in [0.15, 0.2) is 5.82 Å². The summed E-state index contributed by atoms with van der Waals surface area (Å²) in [5.41, 5.74) is 1.97. The van der Waals surface area contributed by atoms with E-state index in [1.54, 1.807) is 19.3 Å². The Hall–Kier alpha value is -1.71. The van der Waals surface area contributed by atoms with Gasteiger partial charge in [-0.2, -0.15) is 4.98 Å². The fourth-order valence-corrected chi connectivity index (χ4v) is 1.09. The molecule has 4 nitrogen and oxygen atoms in total. The number of nitrogens with zero attached hydrogens (tertiary/aromatic N) is 3. The van der Waals surface area contributed by atoms with Crippen molar-refractivity contribution >= 4 is 0 Å². The summed E-state index contributed by atoms with van der Waals surface area (Å²) in [4.78, 5) is 8.13. The SMILES string of the molecule is Cc1noc(-c2cnccc2C)n1. The van der Waals surface area contributed by atoms with E-state index in [1.165, 1.54) is 0 Å². The van der Waals surface area contributed by atoms with Crippen molar-refractivity contribution in [2.24, 2.45) is 0 Å².